The Kier molecular flexibility index (Phi) is 7.04. The average Bonchev–Trinajstić information content (AvgIpc) is 3.12. The Hall–Kier alpha value is -2.10. The van der Waals surface area contributed by atoms with Crippen molar-refractivity contribution in [1.82, 2.24) is 0 Å². The summed E-state index contributed by atoms with van der Waals surface area (Å²) in [5.41, 5.74) is 3.13. The lowest BCUT2D eigenvalue weighted by atomic mass is 9.88. The van der Waals surface area contributed by atoms with Crippen LogP contribution >= 0.6 is 0 Å². The summed E-state index contributed by atoms with van der Waals surface area (Å²) in [6, 6.07) is 0. The van der Waals surface area contributed by atoms with E-state index in [0.717, 1.165) is 61.7 Å². The van der Waals surface area contributed by atoms with E-state index in [-0.39, 0.29) is 6.42 Å². The Labute approximate surface area is 143 Å². The van der Waals surface area contributed by atoms with Gasteiger partial charge < -0.3 is 10.2 Å². The van der Waals surface area contributed by atoms with Crippen LogP contribution in [0.25, 0.3) is 0 Å². The minimum absolute atomic E-state index is 0.260. The van der Waals surface area contributed by atoms with Gasteiger partial charge in [-0.05, 0) is 29.6 Å². The van der Waals surface area contributed by atoms with Gasteiger partial charge >= 0.3 is 11.9 Å². The third-order valence-corrected chi connectivity index (χ3v) is 4.66. The van der Waals surface area contributed by atoms with Crippen molar-refractivity contribution in [1.29, 1.82) is 0 Å². The second-order valence-corrected chi connectivity index (χ2v) is 6.48. The van der Waals surface area contributed by atoms with E-state index >= 15 is 0 Å². The smallest absolute Gasteiger partial charge is 0.310 e. The van der Waals surface area contributed by atoms with Gasteiger partial charge in [-0.3, -0.25) is 9.59 Å². The normalized spacial score (nSPS) is 16.4. The van der Waals surface area contributed by atoms with Crippen LogP contribution in [-0.4, -0.2) is 22.2 Å². The number of carboxylic acids is 2. The Morgan fingerprint density at radius 3 is 2.21 bits per heavy atom. The van der Waals surface area contributed by atoms with Crippen molar-refractivity contribution in [3.8, 4) is 0 Å². The number of rotatable bonds is 12. The van der Waals surface area contributed by atoms with Gasteiger partial charge in [-0.2, -0.15) is 0 Å². The first-order chi connectivity index (χ1) is 11.6. The number of aliphatic carboxylic acids is 2. The summed E-state index contributed by atoms with van der Waals surface area (Å²) < 4.78 is 0. The summed E-state index contributed by atoms with van der Waals surface area (Å²) >= 11 is 0. The lowest BCUT2D eigenvalue weighted by Crippen LogP contribution is -2.16. The zero-order valence-corrected chi connectivity index (χ0v) is 14.0. The fourth-order valence-corrected chi connectivity index (χ4v) is 3.34. The molecule has 2 N–H and O–H groups in total. The average molecular weight is 330 g/mol. The highest BCUT2D eigenvalue weighted by molar-refractivity contribution is 5.79. The first-order valence-corrected chi connectivity index (χ1v) is 8.85. The van der Waals surface area contributed by atoms with Gasteiger partial charge in [-0.1, -0.05) is 68.9 Å². The minimum Gasteiger partial charge on any atom is -0.481 e. The van der Waals surface area contributed by atoms with Crippen LogP contribution in [0.2, 0.25) is 0 Å². The van der Waals surface area contributed by atoms with Gasteiger partial charge in [0.05, 0.1) is 5.92 Å². The SMILES string of the molecule is O=C(O)CCCCCCCCCC(C(=O)O)C1=CC=C2C=CC=C21. The molecule has 0 fully saturated rings. The number of unbranched alkanes of at least 4 members (excludes halogenated alkanes) is 6. The molecule has 1 unspecified atom stereocenters. The molecule has 0 amide bonds. The molecule has 2 aliphatic rings. The standard InChI is InChI=1S/C20H26O4/c21-19(22)12-7-5-3-1-2-4-6-10-18(20(23)24)17-14-13-15-9-8-11-16(15)17/h8-9,11,13-14,18H,1-7,10,12H2,(H,21,22)(H,23,24). The quantitative estimate of drug-likeness (QED) is 0.511. The minimum atomic E-state index is -0.739. The third-order valence-electron chi connectivity index (χ3n) is 4.66. The van der Waals surface area contributed by atoms with E-state index in [1.54, 1.807) is 0 Å². The highest BCUT2D eigenvalue weighted by atomic mass is 16.4. The Morgan fingerprint density at radius 1 is 0.875 bits per heavy atom. The zero-order valence-electron chi connectivity index (χ0n) is 14.0. The fourth-order valence-electron chi connectivity index (χ4n) is 3.34. The molecule has 0 bridgehead atoms. The lowest BCUT2D eigenvalue weighted by Gasteiger charge is -2.15. The van der Waals surface area contributed by atoms with E-state index in [1.807, 2.05) is 30.4 Å². The highest BCUT2D eigenvalue weighted by Crippen LogP contribution is 2.37. The number of allylic oxidation sites excluding steroid dienone is 7. The number of hydrogen-bond acceptors (Lipinski definition) is 2. The lowest BCUT2D eigenvalue weighted by molar-refractivity contribution is -0.140. The molecular formula is C20H26O4. The molecule has 1 atom stereocenters. The monoisotopic (exact) mass is 330 g/mol. The van der Waals surface area contributed by atoms with Gasteiger partial charge in [0, 0.05) is 6.42 Å². The van der Waals surface area contributed by atoms with Gasteiger partial charge in [0.2, 0.25) is 0 Å². The Balaban J connectivity index is 1.62. The molecule has 0 saturated heterocycles. The molecule has 2 rings (SSSR count). The van der Waals surface area contributed by atoms with E-state index in [9.17, 15) is 14.7 Å². The number of hydrogen-bond donors (Lipinski definition) is 2. The predicted molar refractivity (Wildman–Crippen MR) is 93.7 cm³/mol. The Morgan fingerprint density at radius 2 is 1.54 bits per heavy atom. The fraction of sp³-hybridized carbons (Fsp3) is 0.500. The molecule has 24 heavy (non-hydrogen) atoms. The molecule has 0 radical (unpaired) electrons. The second-order valence-electron chi connectivity index (χ2n) is 6.48. The van der Waals surface area contributed by atoms with Crippen LogP contribution in [0, 0.1) is 5.92 Å². The summed E-state index contributed by atoms with van der Waals surface area (Å²) in [4.78, 5) is 22.0. The maximum Gasteiger partial charge on any atom is 0.310 e. The predicted octanol–water partition coefficient (Wildman–Crippen LogP) is 4.65. The van der Waals surface area contributed by atoms with Gasteiger partial charge in [0.15, 0.2) is 0 Å². The van der Waals surface area contributed by atoms with E-state index in [2.05, 4.69) is 0 Å². The summed E-state index contributed by atoms with van der Waals surface area (Å²) in [6.07, 6.45) is 17.8. The van der Waals surface area contributed by atoms with Crippen LogP contribution in [0.5, 0.6) is 0 Å². The summed E-state index contributed by atoms with van der Waals surface area (Å²) in [5.74, 6) is -1.88. The van der Waals surface area contributed by atoms with Gasteiger partial charge in [-0.15, -0.1) is 0 Å². The van der Waals surface area contributed by atoms with E-state index < -0.39 is 17.9 Å². The molecule has 130 valence electrons. The van der Waals surface area contributed by atoms with Gasteiger partial charge in [0.25, 0.3) is 0 Å². The summed E-state index contributed by atoms with van der Waals surface area (Å²) in [5, 5.41) is 18.1. The molecule has 0 aromatic rings. The van der Waals surface area contributed by atoms with Crippen molar-refractivity contribution in [3.05, 3.63) is 47.1 Å². The molecule has 0 aromatic carbocycles. The molecule has 0 aromatic heterocycles. The van der Waals surface area contributed by atoms with Crippen LogP contribution in [0.4, 0.5) is 0 Å². The van der Waals surface area contributed by atoms with Crippen molar-refractivity contribution in [3.63, 3.8) is 0 Å². The highest BCUT2D eigenvalue weighted by Gasteiger charge is 2.28. The van der Waals surface area contributed by atoms with Crippen molar-refractivity contribution < 1.29 is 19.8 Å². The second kappa shape index (κ2) is 9.26. The van der Waals surface area contributed by atoms with Crippen LogP contribution in [0.3, 0.4) is 0 Å². The van der Waals surface area contributed by atoms with Gasteiger partial charge in [-0.25, -0.2) is 0 Å². The molecule has 0 saturated carbocycles. The molecule has 0 spiro atoms. The largest absolute Gasteiger partial charge is 0.481 e. The first kappa shape index (κ1) is 18.2. The number of carbonyl (C=O) groups is 2. The number of carboxylic acid groups (broad SMARTS) is 2. The molecule has 4 heteroatoms. The van der Waals surface area contributed by atoms with Crippen molar-refractivity contribution in [2.45, 2.75) is 57.8 Å². The third kappa shape index (κ3) is 5.22. The molecule has 2 aliphatic carbocycles. The summed E-state index contributed by atoms with van der Waals surface area (Å²) in [7, 11) is 0. The maximum absolute atomic E-state index is 11.6. The Bertz CT molecular complexity index is 593. The summed E-state index contributed by atoms with van der Waals surface area (Å²) in [6.45, 7) is 0. The van der Waals surface area contributed by atoms with E-state index in [1.165, 1.54) is 0 Å². The zero-order chi connectivity index (χ0) is 17.4. The first-order valence-electron chi connectivity index (χ1n) is 8.85. The van der Waals surface area contributed by atoms with Crippen LogP contribution < -0.4 is 0 Å². The van der Waals surface area contributed by atoms with Crippen molar-refractivity contribution in [2.75, 3.05) is 0 Å². The van der Waals surface area contributed by atoms with E-state index in [4.69, 9.17) is 5.11 Å². The van der Waals surface area contributed by atoms with Crippen LogP contribution in [-0.2, 0) is 9.59 Å². The van der Waals surface area contributed by atoms with Crippen LogP contribution in [0.1, 0.15) is 57.8 Å². The van der Waals surface area contributed by atoms with Gasteiger partial charge in [0.1, 0.15) is 0 Å². The molecule has 4 nitrogen and oxygen atoms in total. The van der Waals surface area contributed by atoms with E-state index in [0.29, 0.717) is 6.42 Å². The van der Waals surface area contributed by atoms with Crippen molar-refractivity contribution >= 4 is 11.9 Å². The number of fused-ring (bicyclic) bond motifs is 1. The maximum atomic E-state index is 11.6. The molecular weight excluding hydrogens is 304 g/mol. The topological polar surface area (TPSA) is 74.6 Å². The molecule has 0 heterocycles. The van der Waals surface area contributed by atoms with Crippen LogP contribution in [0.15, 0.2) is 47.1 Å². The van der Waals surface area contributed by atoms with Crippen molar-refractivity contribution in [2.24, 2.45) is 5.92 Å². The molecule has 0 aliphatic heterocycles.